The van der Waals surface area contributed by atoms with Crippen LogP contribution in [0.25, 0.3) is 11.1 Å². The van der Waals surface area contributed by atoms with Gasteiger partial charge in [0.15, 0.2) is 5.58 Å². The number of para-hydroxylation sites is 1. The van der Waals surface area contributed by atoms with Crippen molar-refractivity contribution in [1.29, 1.82) is 0 Å². The van der Waals surface area contributed by atoms with E-state index in [4.69, 9.17) is 15.3 Å². The van der Waals surface area contributed by atoms with Crippen LogP contribution in [-0.2, 0) is 0 Å². The summed E-state index contributed by atoms with van der Waals surface area (Å²) in [5, 5.41) is 12.3. The molecule has 0 saturated carbocycles. The molecule has 0 aliphatic heterocycles. The summed E-state index contributed by atoms with van der Waals surface area (Å²) in [5.41, 5.74) is 7.54. The summed E-state index contributed by atoms with van der Waals surface area (Å²) in [7, 11) is 0. The van der Waals surface area contributed by atoms with Gasteiger partial charge in [0.05, 0.1) is 5.69 Å². The van der Waals surface area contributed by atoms with Crippen LogP contribution in [0.4, 0.5) is 11.7 Å². The van der Waals surface area contributed by atoms with E-state index in [-0.39, 0.29) is 12.1 Å². The lowest BCUT2D eigenvalue weighted by Crippen LogP contribution is -2.35. The minimum absolute atomic E-state index is 0.125. The van der Waals surface area contributed by atoms with E-state index < -0.39 is 0 Å². The first kappa shape index (κ1) is 12.7. The second kappa shape index (κ2) is 4.86. The van der Waals surface area contributed by atoms with Gasteiger partial charge in [-0.05, 0) is 31.9 Å². The fraction of sp³-hybridized carbons (Fsp3) is 0.462. The van der Waals surface area contributed by atoms with Crippen LogP contribution in [-0.4, -0.2) is 22.2 Å². The van der Waals surface area contributed by atoms with Gasteiger partial charge in [-0.15, -0.1) is 0 Å². The fourth-order valence-corrected chi connectivity index (χ4v) is 1.86. The second-order valence-electron chi connectivity index (χ2n) is 4.73. The van der Waals surface area contributed by atoms with E-state index in [1.54, 1.807) is 6.07 Å². The van der Waals surface area contributed by atoms with Gasteiger partial charge in [-0.1, -0.05) is 13.0 Å². The van der Waals surface area contributed by atoms with Crippen LogP contribution >= 0.6 is 0 Å². The van der Waals surface area contributed by atoms with Crippen molar-refractivity contribution in [3.63, 3.8) is 0 Å². The van der Waals surface area contributed by atoms with Gasteiger partial charge in [0.2, 0.25) is 0 Å². The van der Waals surface area contributed by atoms with Crippen LogP contribution in [0.1, 0.15) is 26.7 Å². The van der Waals surface area contributed by atoms with Crippen LogP contribution in [0, 0.1) is 0 Å². The lowest BCUT2D eigenvalue weighted by molar-refractivity contribution is 0.250. The molecule has 0 spiro atoms. The summed E-state index contributed by atoms with van der Waals surface area (Å²) >= 11 is 0. The van der Waals surface area contributed by atoms with Crippen molar-refractivity contribution in [2.24, 2.45) is 0 Å². The Hall–Kier alpha value is -1.75. The first-order valence-electron chi connectivity index (χ1n) is 6.12. The zero-order chi connectivity index (χ0) is 13.2. The highest BCUT2D eigenvalue weighted by molar-refractivity contribution is 5.86. The molecular formula is C13H19N3O2. The number of anilines is 2. The van der Waals surface area contributed by atoms with Gasteiger partial charge in [0.1, 0.15) is 5.52 Å². The molecule has 5 heteroatoms. The molecule has 1 heterocycles. The number of benzene rings is 1. The monoisotopic (exact) mass is 249 g/mol. The van der Waals surface area contributed by atoms with Crippen molar-refractivity contribution in [2.75, 3.05) is 17.7 Å². The Morgan fingerprint density at radius 3 is 2.89 bits per heavy atom. The third-order valence-corrected chi connectivity index (χ3v) is 3.30. The summed E-state index contributed by atoms with van der Waals surface area (Å²) in [4.78, 5) is 4.34. The number of hydrogen-bond donors (Lipinski definition) is 3. The summed E-state index contributed by atoms with van der Waals surface area (Å²) < 4.78 is 5.61. The maximum absolute atomic E-state index is 9.08. The number of aliphatic hydroxyl groups is 1. The highest BCUT2D eigenvalue weighted by Crippen LogP contribution is 2.27. The van der Waals surface area contributed by atoms with Crippen LogP contribution < -0.4 is 11.1 Å². The quantitative estimate of drug-likeness (QED) is 0.708. The molecule has 0 radical (unpaired) electrons. The minimum atomic E-state index is -0.232. The Morgan fingerprint density at radius 2 is 2.28 bits per heavy atom. The number of aliphatic hydroxyl groups excluding tert-OH is 1. The molecule has 1 unspecified atom stereocenters. The van der Waals surface area contributed by atoms with Crippen LogP contribution in [0.5, 0.6) is 0 Å². The number of aromatic nitrogens is 1. The topological polar surface area (TPSA) is 84.3 Å². The number of nitrogens with one attached hydrogen (secondary N) is 1. The largest absolute Gasteiger partial charge is 0.423 e. The predicted octanol–water partition coefficient (Wildman–Crippen LogP) is 2.37. The summed E-state index contributed by atoms with van der Waals surface area (Å²) in [5.74, 6) is 0. The van der Waals surface area contributed by atoms with Gasteiger partial charge in [0, 0.05) is 12.1 Å². The molecule has 1 atom stereocenters. The highest BCUT2D eigenvalue weighted by atomic mass is 16.4. The van der Waals surface area contributed by atoms with Gasteiger partial charge in [-0.3, -0.25) is 0 Å². The highest BCUT2D eigenvalue weighted by Gasteiger charge is 2.23. The number of nitrogens with two attached hydrogens (primary N) is 1. The Labute approximate surface area is 106 Å². The van der Waals surface area contributed by atoms with E-state index in [0.717, 1.165) is 6.42 Å². The third-order valence-electron chi connectivity index (χ3n) is 3.30. The summed E-state index contributed by atoms with van der Waals surface area (Å²) in [6, 6.07) is 5.90. The zero-order valence-electron chi connectivity index (χ0n) is 10.7. The van der Waals surface area contributed by atoms with Crippen molar-refractivity contribution < 1.29 is 9.52 Å². The number of nitrogens with zero attached hydrogens (tertiary/aromatic N) is 1. The van der Waals surface area contributed by atoms with Crippen LogP contribution in [0.2, 0.25) is 0 Å². The van der Waals surface area contributed by atoms with E-state index in [1.807, 2.05) is 19.1 Å². The number of hydrogen-bond acceptors (Lipinski definition) is 5. The van der Waals surface area contributed by atoms with Crippen molar-refractivity contribution >= 4 is 22.8 Å². The first-order chi connectivity index (χ1) is 8.58. The average Bonchev–Trinajstić information content (AvgIpc) is 2.73. The van der Waals surface area contributed by atoms with Crippen molar-refractivity contribution in [3.8, 4) is 0 Å². The van der Waals surface area contributed by atoms with E-state index in [1.165, 1.54) is 0 Å². The second-order valence-corrected chi connectivity index (χ2v) is 4.73. The standard InChI is InChI=1S/C13H19N3O2/c1-3-13(2,7-8-17)16-12-15-11-9(14)5-4-6-10(11)18-12/h4-6,17H,3,7-8,14H2,1-2H3,(H,15,16). The van der Waals surface area contributed by atoms with Crippen molar-refractivity contribution in [3.05, 3.63) is 18.2 Å². The fourth-order valence-electron chi connectivity index (χ4n) is 1.86. The number of rotatable bonds is 5. The summed E-state index contributed by atoms with van der Waals surface area (Å²) in [6.07, 6.45) is 1.50. The Morgan fingerprint density at radius 1 is 1.50 bits per heavy atom. The van der Waals surface area contributed by atoms with E-state index in [2.05, 4.69) is 17.2 Å². The molecule has 2 rings (SSSR count). The van der Waals surface area contributed by atoms with Crippen molar-refractivity contribution in [1.82, 2.24) is 4.98 Å². The van der Waals surface area contributed by atoms with Gasteiger partial charge in [0.25, 0.3) is 6.01 Å². The molecule has 0 saturated heterocycles. The molecule has 0 fully saturated rings. The van der Waals surface area contributed by atoms with Gasteiger partial charge in [-0.2, -0.15) is 4.98 Å². The molecule has 1 aromatic carbocycles. The lowest BCUT2D eigenvalue weighted by atomic mass is 9.95. The zero-order valence-corrected chi connectivity index (χ0v) is 10.7. The van der Waals surface area contributed by atoms with E-state index in [9.17, 15) is 0 Å². The molecule has 0 bridgehead atoms. The maximum atomic E-state index is 9.08. The van der Waals surface area contributed by atoms with Crippen LogP contribution in [0.15, 0.2) is 22.6 Å². The van der Waals surface area contributed by atoms with Crippen molar-refractivity contribution in [2.45, 2.75) is 32.2 Å². The molecule has 5 nitrogen and oxygen atoms in total. The Balaban J connectivity index is 2.29. The molecule has 4 N–H and O–H groups in total. The van der Waals surface area contributed by atoms with E-state index in [0.29, 0.717) is 29.2 Å². The maximum Gasteiger partial charge on any atom is 0.296 e. The van der Waals surface area contributed by atoms with Crippen LogP contribution in [0.3, 0.4) is 0 Å². The van der Waals surface area contributed by atoms with Gasteiger partial charge < -0.3 is 20.6 Å². The predicted molar refractivity (Wildman–Crippen MR) is 72.4 cm³/mol. The molecule has 98 valence electrons. The smallest absolute Gasteiger partial charge is 0.296 e. The number of fused-ring (bicyclic) bond motifs is 1. The molecular weight excluding hydrogens is 230 g/mol. The minimum Gasteiger partial charge on any atom is -0.423 e. The Bertz CT molecular complexity index is 538. The molecule has 1 aromatic heterocycles. The summed E-state index contributed by atoms with van der Waals surface area (Å²) in [6.45, 7) is 4.21. The lowest BCUT2D eigenvalue weighted by Gasteiger charge is -2.27. The first-order valence-corrected chi connectivity index (χ1v) is 6.12. The Kier molecular flexibility index (Phi) is 3.43. The van der Waals surface area contributed by atoms with Gasteiger partial charge in [-0.25, -0.2) is 0 Å². The molecule has 0 aliphatic carbocycles. The third kappa shape index (κ3) is 2.41. The number of nitrogen functional groups attached to an aromatic ring is 1. The van der Waals surface area contributed by atoms with Gasteiger partial charge >= 0.3 is 0 Å². The molecule has 2 aromatic rings. The van der Waals surface area contributed by atoms with E-state index >= 15 is 0 Å². The SMILES string of the molecule is CCC(C)(CCO)Nc1nc2c(N)cccc2o1. The number of oxazole rings is 1. The molecule has 0 amide bonds. The normalized spacial score (nSPS) is 14.6. The average molecular weight is 249 g/mol. The molecule has 18 heavy (non-hydrogen) atoms. The molecule has 0 aliphatic rings.